The van der Waals surface area contributed by atoms with E-state index in [2.05, 4.69) is 15.6 Å². The van der Waals surface area contributed by atoms with Gasteiger partial charge in [0, 0.05) is 22.3 Å². The van der Waals surface area contributed by atoms with E-state index in [4.69, 9.17) is 17.3 Å². The molecule has 2 aromatic carbocycles. The SMILES string of the molecule is NC(=O)C(=O)N/N=C\c1cn(Cc2ccccc2Cl)nc1-c1ccccc1. The minimum Gasteiger partial charge on any atom is -0.361 e. The van der Waals surface area contributed by atoms with Gasteiger partial charge in [-0.1, -0.05) is 60.1 Å². The molecule has 7 nitrogen and oxygen atoms in total. The van der Waals surface area contributed by atoms with Gasteiger partial charge in [-0.3, -0.25) is 14.3 Å². The summed E-state index contributed by atoms with van der Waals surface area (Å²) in [5.74, 6) is -2.10. The minimum absolute atomic E-state index is 0.473. The van der Waals surface area contributed by atoms with E-state index in [9.17, 15) is 9.59 Å². The summed E-state index contributed by atoms with van der Waals surface area (Å²) in [6.07, 6.45) is 3.20. The van der Waals surface area contributed by atoms with Crippen LogP contribution in [0.15, 0.2) is 65.9 Å². The molecule has 3 aromatic rings. The highest BCUT2D eigenvalue weighted by molar-refractivity contribution is 6.34. The standard InChI is InChI=1S/C19H16ClN5O2/c20-16-9-5-4-8-14(16)11-25-12-15(10-22-23-19(27)18(21)26)17(24-25)13-6-2-1-3-7-13/h1-10,12H,11H2,(H2,21,26)(H,23,27)/b22-10-. The van der Waals surface area contributed by atoms with Gasteiger partial charge in [0.15, 0.2) is 0 Å². The topological polar surface area (TPSA) is 102 Å². The van der Waals surface area contributed by atoms with E-state index in [1.54, 1.807) is 10.9 Å². The zero-order valence-electron chi connectivity index (χ0n) is 14.2. The molecule has 136 valence electrons. The molecule has 0 unspecified atom stereocenters. The first-order valence-corrected chi connectivity index (χ1v) is 8.41. The number of nitrogens with zero attached hydrogens (tertiary/aromatic N) is 3. The Bertz CT molecular complexity index is 998. The van der Waals surface area contributed by atoms with E-state index in [1.807, 2.05) is 54.6 Å². The van der Waals surface area contributed by atoms with Crippen LogP contribution >= 0.6 is 11.6 Å². The van der Waals surface area contributed by atoms with Crippen LogP contribution in [0.25, 0.3) is 11.3 Å². The lowest BCUT2D eigenvalue weighted by atomic mass is 10.1. The smallest absolute Gasteiger partial charge is 0.329 e. The molecule has 0 radical (unpaired) electrons. The highest BCUT2D eigenvalue weighted by atomic mass is 35.5. The molecule has 0 spiro atoms. The first-order chi connectivity index (χ1) is 13.0. The van der Waals surface area contributed by atoms with Gasteiger partial charge in [-0.25, -0.2) is 5.43 Å². The third-order valence-corrected chi connectivity index (χ3v) is 4.09. The summed E-state index contributed by atoms with van der Waals surface area (Å²) in [4.78, 5) is 22.0. The van der Waals surface area contributed by atoms with Crippen molar-refractivity contribution in [2.24, 2.45) is 10.8 Å². The Morgan fingerprint density at radius 3 is 2.56 bits per heavy atom. The van der Waals surface area contributed by atoms with Gasteiger partial charge in [0.05, 0.1) is 12.8 Å². The third-order valence-electron chi connectivity index (χ3n) is 3.72. The van der Waals surface area contributed by atoms with Gasteiger partial charge in [0.1, 0.15) is 5.69 Å². The van der Waals surface area contributed by atoms with Gasteiger partial charge >= 0.3 is 11.8 Å². The third kappa shape index (κ3) is 4.59. The lowest BCUT2D eigenvalue weighted by Gasteiger charge is -2.04. The quantitative estimate of drug-likeness (QED) is 0.402. The van der Waals surface area contributed by atoms with Crippen molar-refractivity contribution in [1.29, 1.82) is 0 Å². The van der Waals surface area contributed by atoms with E-state index in [1.165, 1.54) is 6.21 Å². The summed E-state index contributed by atoms with van der Waals surface area (Å²) in [7, 11) is 0. The average Bonchev–Trinajstić information content (AvgIpc) is 3.07. The van der Waals surface area contributed by atoms with Gasteiger partial charge in [-0.05, 0) is 11.6 Å². The number of nitrogens with one attached hydrogen (secondary N) is 1. The van der Waals surface area contributed by atoms with Crippen molar-refractivity contribution in [3.63, 3.8) is 0 Å². The summed E-state index contributed by atoms with van der Waals surface area (Å²) in [6, 6.07) is 17.1. The van der Waals surface area contributed by atoms with Crippen molar-refractivity contribution >= 4 is 29.6 Å². The average molecular weight is 382 g/mol. The molecular weight excluding hydrogens is 366 g/mol. The number of primary amides is 1. The number of carbonyl (C=O) groups is 2. The number of carbonyl (C=O) groups excluding carboxylic acids is 2. The molecule has 8 heteroatoms. The molecule has 0 saturated carbocycles. The second-order valence-electron chi connectivity index (χ2n) is 5.65. The summed E-state index contributed by atoms with van der Waals surface area (Å²) in [6.45, 7) is 0.473. The summed E-state index contributed by atoms with van der Waals surface area (Å²) in [5, 5.41) is 9.05. The Balaban J connectivity index is 1.92. The Hall–Kier alpha value is -3.45. The second-order valence-corrected chi connectivity index (χ2v) is 6.06. The maximum Gasteiger partial charge on any atom is 0.329 e. The molecule has 0 bridgehead atoms. The molecule has 27 heavy (non-hydrogen) atoms. The monoisotopic (exact) mass is 381 g/mol. The highest BCUT2D eigenvalue weighted by Gasteiger charge is 2.12. The van der Waals surface area contributed by atoms with Crippen molar-refractivity contribution in [1.82, 2.24) is 15.2 Å². The molecule has 0 aliphatic carbocycles. The van der Waals surface area contributed by atoms with Crippen LogP contribution in [0, 0.1) is 0 Å². The van der Waals surface area contributed by atoms with Crippen molar-refractivity contribution in [3.8, 4) is 11.3 Å². The number of aromatic nitrogens is 2. The number of amides is 2. The van der Waals surface area contributed by atoms with Crippen LogP contribution in [0.1, 0.15) is 11.1 Å². The van der Waals surface area contributed by atoms with Crippen molar-refractivity contribution in [3.05, 3.63) is 76.9 Å². The van der Waals surface area contributed by atoms with Gasteiger partial charge in [0.25, 0.3) is 0 Å². The molecule has 0 saturated heterocycles. The normalized spacial score (nSPS) is 10.9. The molecule has 0 fully saturated rings. The van der Waals surface area contributed by atoms with Crippen LogP contribution in [0.2, 0.25) is 5.02 Å². The van der Waals surface area contributed by atoms with Crippen LogP contribution < -0.4 is 11.2 Å². The zero-order valence-corrected chi connectivity index (χ0v) is 14.9. The summed E-state index contributed by atoms with van der Waals surface area (Å²) < 4.78 is 1.74. The molecule has 0 aliphatic heterocycles. The van der Waals surface area contributed by atoms with E-state index in [0.29, 0.717) is 22.8 Å². The minimum atomic E-state index is -1.11. The van der Waals surface area contributed by atoms with Crippen LogP contribution in [0.5, 0.6) is 0 Å². The largest absolute Gasteiger partial charge is 0.361 e. The van der Waals surface area contributed by atoms with Crippen LogP contribution in [0.4, 0.5) is 0 Å². The molecule has 3 N–H and O–H groups in total. The Labute approximate surface area is 160 Å². The lowest BCUT2D eigenvalue weighted by Crippen LogP contribution is -2.32. The first kappa shape index (κ1) is 18.3. The first-order valence-electron chi connectivity index (χ1n) is 8.03. The van der Waals surface area contributed by atoms with Crippen molar-refractivity contribution in [2.45, 2.75) is 6.54 Å². The molecule has 0 aliphatic rings. The molecule has 1 heterocycles. The molecular formula is C19H16ClN5O2. The second kappa shape index (κ2) is 8.29. The van der Waals surface area contributed by atoms with E-state index in [-0.39, 0.29) is 0 Å². The van der Waals surface area contributed by atoms with Gasteiger partial charge < -0.3 is 5.73 Å². The molecule has 1 aromatic heterocycles. The van der Waals surface area contributed by atoms with E-state index in [0.717, 1.165) is 11.1 Å². The maximum atomic E-state index is 11.2. The number of halogens is 1. The van der Waals surface area contributed by atoms with Crippen LogP contribution in [-0.2, 0) is 16.1 Å². The Morgan fingerprint density at radius 1 is 1.15 bits per heavy atom. The molecule has 3 rings (SSSR count). The van der Waals surface area contributed by atoms with E-state index < -0.39 is 11.8 Å². The van der Waals surface area contributed by atoms with Crippen molar-refractivity contribution < 1.29 is 9.59 Å². The highest BCUT2D eigenvalue weighted by Crippen LogP contribution is 2.22. The zero-order chi connectivity index (χ0) is 19.2. The number of nitrogens with two attached hydrogens (primary N) is 1. The van der Waals surface area contributed by atoms with Gasteiger partial charge in [-0.2, -0.15) is 10.2 Å². The Kier molecular flexibility index (Phi) is 5.63. The van der Waals surface area contributed by atoms with Gasteiger partial charge in [0.2, 0.25) is 0 Å². The van der Waals surface area contributed by atoms with Crippen LogP contribution in [-0.4, -0.2) is 27.8 Å². The van der Waals surface area contributed by atoms with Crippen LogP contribution in [0.3, 0.4) is 0 Å². The molecule has 2 amide bonds. The summed E-state index contributed by atoms with van der Waals surface area (Å²) >= 11 is 6.23. The fourth-order valence-corrected chi connectivity index (χ4v) is 2.64. The molecule has 0 atom stereocenters. The lowest BCUT2D eigenvalue weighted by molar-refractivity contribution is -0.137. The van der Waals surface area contributed by atoms with Gasteiger partial charge in [-0.15, -0.1) is 0 Å². The number of rotatable bonds is 5. The number of hydrazone groups is 1. The van der Waals surface area contributed by atoms with Crippen molar-refractivity contribution in [2.75, 3.05) is 0 Å². The number of benzene rings is 2. The fraction of sp³-hybridized carbons (Fsp3) is 0.0526. The number of hydrogen-bond acceptors (Lipinski definition) is 4. The number of hydrogen-bond donors (Lipinski definition) is 2. The maximum absolute atomic E-state index is 11.2. The van der Waals surface area contributed by atoms with E-state index >= 15 is 0 Å². The predicted octanol–water partition coefficient (Wildman–Crippen LogP) is 2.19. The fourth-order valence-electron chi connectivity index (χ4n) is 2.45. The Morgan fingerprint density at radius 2 is 1.85 bits per heavy atom. The predicted molar refractivity (Wildman–Crippen MR) is 103 cm³/mol. The summed E-state index contributed by atoms with van der Waals surface area (Å²) in [5.41, 5.74) is 10.1.